The highest BCUT2D eigenvalue weighted by Gasteiger charge is 2.49. The maximum atomic E-state index is 13.1. The first-order chi connectivity index (χ1) is 19.1. The van der Waals surface area contributed by atoms with E-state index in [0.29, 0.717) is 38.3 Å². The third-order valence-corrected chi connectivity index (χ3v) is 11.3. The molecule has 9 heteroatoms. The van der Waals surface area contributed by atoms with Gasteiger partial charge in [-0.3, -0.25) is 4.79 Å². The molecule has 1 saturated carbocycles. The molecule has 0 radical (unpaired) electrons. The van der Waals surface area contributed by atoms with Gasteiger partial charge in [0, 0.05) is 34.5 Å². The molecule has 1 fully saturated rings. The highest BCUT2D eigenvalue weighted by Crippen LogP contribution is 2.52. The summed E-state index contributed by atoms with van der Waals surface area (Å²) in [5, 5.41) is 11.9. The highest BCUT2D eigenvalue weighted by atomic mass is 35.5. The number of anilines is 1. The molecule has 2 N–H and O–H groups in total. The minimum Gasteiger partial charge on any atom is -0.490 e. The number of aliphatic hydroxyl groups is 1. The number of carbonyl (C=O) groups is 1. The van der Waals surface area contributed by atoms with Crippen molar-refractivity contribution in [1.29, 1.82) is 0 Å². The van der Waals surface area contributed by atoms with Crippen LogP contribution in [0.25, 0.3) is 0 Å². The third kappa shape index (κ3) is 5.03. The Balaban J connectivity index is 1.44. The van der Waals surface area contributed by atoms with Crippen molar-refractivity contribution in [3.63, 3.8) is 0 Å². The second kappa shape index (κ2) is 10.4. The van der Waals surface area contributed by atoms with Gasteiger partial charge in [-0.25, -0.2) is 13.1 Å². The van der Waals surface area contributed by atoms with Gasteiger partial charge in [-0.1, -0.05) is 36.7 Å². The van der Waals surface area contributed by atoms with Crippen LogP contribution in [0, 0.1) is 11.3 Å². The van der Waals surface area contributed by atoms with Crippen LogP contribution in [0.15, 0.2) is 48.6 Å². The number of benzene rings is 2. The lowest BCUT2D eigenvalue weighted by molar-refractivity contribution is -0.0469. The van der Waals surface area contributed by atoms with Crippen molar-refractivity contribution in [3.8, 4) is 5.75 Å². The standard InChI is InChI=1S/C31H37ClN2O5S/c1-30-14-12-23(30)18-34-19-31(13-5-6-21-16-24(32)9-10-25(21)31)20-39-27-11-8-22(17-26(27)34)29(36)33-40(37,38)15-4-2-3-7-28(30)35/h3,7-11,16-17,23,28,35H,2,4-6,12-15,18-20H2,1H3,(H,33,36)/b7-3+/t23-,28+,30-,31+/m1/s1. The monoisotopic (exact) mass is 584 g/mol. The Labute approximate surface area is 241 Å². The van der Waals surface area contributed by atoms with Crippen molar-refractivity contribution in [2.24, 2.45) is 11.3 Å². The van der Waals surface area contributed by atoms with Gasteiger partial charge >= 0.3 is 0 Å². The number of ether oxygens (including phenoxy) is 1. The van der Waals surface area contributed by atoms with Crippen molar-refractivity contribution in [2.75, 3.05) is 30.3 Å². The second-order valence-corrected chi connectivity index (χ2v) is 14.6. The molecule has 40 heavy (non-hydrogen) atoms. The Morgan fingerprint density at radius 3 is 2.80 bits per heavy atom. The quantitative estimate of drug-likeness (QED) is 0.423. The summed E-state index contributed by atoms with van der Waals surface area (Å²) in [4.78, 5) is 15.4. The van der Waals surface area contributed by atoms with Crippen molar-refractivity contribution in [1.82, 2.24) is 4.72 Å². The Morgan fingerprint density at radius 2 is 2.00 bits per heavy atom. The summed E-state index contributed by atoms with van der Waals surface area (Å²) in [6.07, 6.45) is 8.85. The van der Waals surface area contributed by atoms with Crippen LogP contribution in [0.4, 0.5) is 5.69 Å². The molecule has 2 aliphatic heterocycles. The van der Waals surface area contributed by atoms with Crippen LogP contribution in [0.5, 0.6) is 5.75 Å². The zero-order chi connectivity index (χ0) is 28.1. The molecule has 1 amide bonds. The predicted molar refractivity (Wildman–Crippen MR) is 157 cm³/mol. The van der Waals surface area contributed by atoms with Crippen molar-refractivity contribution < 1.29 is 23.1 Å². The predicted octanol–water partition coefficient (Wildman–Crippen LogP) is 5.00. The molecule has 2 aromatic carbocycles. The van der Waals surface area contributed by atoms with Gasteiger partial charge in [-0.05, 0) is 92.3 Å². The van der Waals surface area contributed by atoms with E-state index in [4.69, 9.17) is 16.3 Å². The summed E-state index contributed by atoms with van der Waals surface area (Å²) in [6.45, 7) is 4.04. The molecule has 0 unspecified atom stereocenters. The lowest BCUT2D eigenvalue weighted by atomic mass is 9.58. The number of sulfonamides is 1. The summed E-state index contributed by atoms with van der Waals surface area (Å²) >= 11 is 6.38. The van der Waals surface area contributed by atoms with Crippen LogP contribution in [-0.2, 0) is 21.9 Å². The van der Waals surface area contributed by atoms with Gasteiger partial charge in [0.2, 0.25) is 10.0 Å². The van der Waals surface area contributed by atoms with Crippen LogP contribution < -0.4 is 14.4 Å². The molecule has 0 aromatic heterocycles. The number of hydrogen-bond donors (Lipinski definition) is 2. The van der Waals surface area contributed by atoms with Gasteiger partial charge in [-0.2, -0.15) is 0 Å². The number of allylic oxidation sites excluding steroid dienone is 1. The first-order valence-corrected chi connectivity index (χ1v) is 16.3. The zero-order valence-corrected chi connectivity index (χ0v) is 24.4. The fourth-order valence-corrected chi connectivity index (χ4v) is 8.35. The lowest BCUT2D eigenvalue weighted by Crippen LogP contribution is -2.53. The molecule has 1 spiro atoms. The van der Waals surface area contributed by atoms with Crippen LogP contribution in [-0.4, -0.2) is 51.0 Å². The van der Waals surface area contributed by atoms with Gasteiger partial charge in [0.1, 0.15) is 5.75 Å². The van der Waals surface area contributed by atoms with Gasteiger partial charge in [0.05, 0.1) is 24.2 Å². The van der Waals surface area contributed by atoms with Gasteiger partial charge < -0.3 is 14.7 Å². The molecule has 214 valence electrons. The number of hydrogen-bond acceptors (Lipinski definition) is 6. The Hall–Kier alpha value is -2.55. The Bertz CT molecular complexity index is 1460. The van der Waals surface area contributed by atoms with E-state index in [0.717, 1.165) is 42.8 Å². The number of nitrogens with zero attached hydrogens (tertiary/aromatic N) is 1. The molecule has 4 atom stereocenters. The van der Waals surface area contributed by atoms with E-state index in [1.807, 2.05) is 18.2 Å². The van der Waals surface area contributed by atoms with E-state index >= 15 is 0 Å². The molecule has 2 aliphatic carbocycles. The maximum Gasteiger partial charge on any atom is 0.264 e. The molecule has 2 aromatic rings. The van der Waals surface area contributed by atoms with Crippen LogP contribution in [0.2, 0.25) is 5.02 Å². The average Bonchev–Trinajstić information content (AvgIpc) is 3.06. The highest BCUT2D eigenvalue weighted by molar-refractivity contribution is 7.90. The van der Waals surface area contributed by atoms with Crippen LogP contribution in [0.3, 0.4) is 0 Å². The summed E-state index contributed by atoms with van der Waals surface area (Å²) in [6, 6.07) is 11.3. The first-order valence-electron chi connectivity index (χ1n) is 14.3. The molecular weight excluding hydrogens is 548 g/mol. The number of amides is 1. The second-order valence-electron chi connectivity index (χ2n) is 12.3. The fraction of sp³-hybridized carbons (Fsp3) is 0.516. The Morgan fingerprint density at radius 1 is 1.15 bits per heavy atom. The van der Waals surface area contributed by atoms with E-state index < -0.39 is 22.0 Å². The van der Waals surface area contributed by atoms with Crippen LogP contribution >= 0.6 is 11.6 Å². The normalized spacial score (nSPS) is 32.5. The maximum absolute atomic E-state index is 13.1. The van der Waals surface area contributed by atoms with Crippen molar-refractivity contribution in [3.05, 3.63) is 70.3 Å². The molecule has 2 bridgehead atoms. The van der Waals surface area contributed by atoms with E-state index in [9.17, 15) is 18.3 Å². The molecule has 4 aliphatic rings. The topological polar surface area (TPSA) is 95.9 Å². The van der Waals surface area contributed by atoms with Crippen molar-refractivity contribution >= 4 is 33.2 Å². The van der Waals surface area contributed by atoms with Crippen LogP contribution in [0.1, 0.15) is 66.9 Å². The molecular formula is C31H37ClN2O5S. The van der Waals surface area contributed by atoms with Gasteiger partial charge in [0.15, 0.2) is 0 Å². The number of halogens is 1. The average molecular weight is 585 g/mol. The SMILES string of the molecule is C[C@@]12CC[C@@H]1CN1C[C@@]3(CCCc4cc(Cl)ccc43)COc3ccc(cc31)C(=O)NS(=O)(=O)CCC/C=C/[C@@H]2O. The Kier molecular flexibility index (Phi) is 7.16. The molecule has 2 heterocycles. The minimum absolute atomic E-state index is 0.162. The van der Waals surface area contributed by atoms with Gasteiger partial charge in [0.25, 0.3) is 5.91 Å². The van der Waals surface area contributed by atoms with E-state index in [1.165, 1.54) is 11.1 Å². The molecule has 0 saturated heterocycles. The van der Waals surface area contributed by atoms with Crippen molar-refractivity contribution in [2.45, 2.75) is 63.4 Å². The summed E-state index contributed by atoms with van der Waals surface area (Å²) < 4.78 is 34.0. The molecule has 6 rings (SSSR count). The summed E-state index contributed by atoms with van der Waals surface area (Å²) in [5.74, 6) is 0.130. The largest absolute Gasteiger partial charge is 0.490 e. The number of aliphatic hydroxyl groups excluding tert-OH is 1. The number of nitrogens with one attached hydrogen (secondary N) is 1. The fourth-order valence-electron chi connectivity index (χ4n) is 7.10. The zero-order valence-electron chi connectivity index (χ0n) is 22.9. The number of rotatable bonds is 0. The number of aryl methyl sites for hydroxylation is 1. The lowest BCUT2D eigenvalue weighted by Gasteiger charge is -2.52. The first kappa shape index (κ1) is 27.6. The van der Waals surface area contributed by atoms with E-state index in [1.54, 1.807) is 18.2 Å². The van der Waals surface area contributed by atoms with Gasteiger partial charge in [-0.15, -0.1) is 0 Å². The van der Waals surface area contributed by atoms with E-state index in [-0.39, 0.29) is 28.1 Å². The minimum atomic E-state index is -3.79. The van der Waals surface area contributed by atoms with E-state index in [2.05, 4.69) is 28.7 Å². The summed E-state index contributed by atoms with van der Waals surface area (Å²) in [7, 11) is -3.79. The number of fused-ring (bicyclic) bond motifs is 4. The summed E-state index contributed by atoms with van der Waals surface area (Å²) in [5.41, 5.74) is 3.03. The smallest absolute Gasteiger partial charge is 0.264 e. The molecule has 7 nitrogen and oxygen atoms in total. The number of carbonyl (C=O) groups excluding carboxylic acids is 1. The third-order valence-electron chi connectivity index (χ3n) is 9.73.